The molecule has 0 amide bonds. The van der Waals surface area contributed by atoms with E-state index in [2.05, 4.69) is 23.5 Å². The summed E-state index contributed by atoms with van der Waals surface area (Å²) >= 11 is 0. The molecule has 2 heterocycles. The fraction of sp³-hybridized carbons (Fsp3) is 0.500. The van der Waals surface area contributed by atoms with Crippen molar-refractivity contribution >= 4 is 16.9 Å². The largest absolute Gasteiger partial charge is 0.545 e. The second kappa shape index (κ2) is 6.03. The Labute approximate surface area is 131 Å². The molecule has 1 aromatic heterocycles. The lowest BCUT2D eigenvalue weighted by Crippen LogP contribution is -2.42. The molecule has 118 valence electrons. The molecule has 22 heavy (non-hydrogen) atoms. The standard InChI is InChI=1S/C18H24N2O2/c1-3-6-16-17(18(21)22)14-7-4-5-8-15(14)20(16)19-11-9-13(2)10-12-19/h4-5,7-8,13H,3,6,9-12H2,1-2H3,(H,21,22)/p-1. The van der Waals surface area contributed by atoms with Crippen LogP contribution in [0.3, 0.4) is 0 Å². The number of carboxylic acids is 1. The van der Waals surface area contributed by atoms with Crippen LogP contribution in [0.25, 0.3) is 10.9 Å². The van der Waals surface area contributed by atoms with Gasteiger partial charge in [-0.25, -0.2) is 0 Å². The van der Waals surface area contributed by atoms with E-state index < -0.39 is 5.97 Å². The fourth-order valence-corrected chi connectivity index (χ4v) is 3.49. The highest BCUT2D eigenvalue weighted by atomic mass is 16.4. The lowest BCUT2D eigenvalue weighted by Gasteiger charge is -2.35. The number of carboxylic acid groups (broad SMARTS) is 1. The van der Waals surface area contributed by atoms with Gasteiger partial charge in [0, 0.05) is 29.7 Å². The molecule has 0 radical (unpaired) electrons. The molecule has 0 atom stereocenters. The summed E-state index contributed by atoms with van der Waals surface area (Å²) in [4.78, 5) is 11.7. The van der Waals surface area contributed by atoms with Crippen LogP contribution in [0.2, 0.25) is 0 Å². The molecule has 1 saturated heterocycles. The highest BCUT2D eigenvalue weighted by molar-refractivity contribution is 6.04. The van der Waals surface area contributed by atoms with Crippen LogP contribution in [0.15, 0.2) is 24.3 Å². The zero-order valence-corrected chi connectivity index (χ0v) is 13.3. The molecule has 0 N–H and O–H groups in total. The minimum atomic E-state index is -1.07. The van der Waals surface area contributed by atoms with Crippen molar-refractivity contribution in [3.63, 3.8) is 0 Å². The molecule has 1 fully saturated rings. The maximum Gasteiger partial charge on any atom is 0.0740 e. The van der Waals surface area contributed by atoms with Gasteiger partial charge in [-0.05, 0) is 31.2 Å². The number of rotatable bonds is 4. The van der Waals surface area contributed by atoms with E-state index in [1.54, 1.807) is 0 Å². The molecule has 0 aliphatic carbocycles. The summed E-state index contributed by atoms with van der Waals surface area (Å²) < 4.78 is 2.15. The number of nitrogens with zero attached hydrogens (tertiary/aromatic N) is 2. The van der Waals surface area contributed by atoms with Crippen molar-refractivity contribution in [3.05, 3.63) is 35.5 Å². The Morgan fingerprint density at radius 2 is 1.95 bits per heavy atom. The van der Waals surface area contributed by atoms with E-state index in [-0.39, 0.29) is 0 Å². The first-order chi connectivity index (χ1) is 10.6. The number of fused-ring (bicyclic) bond motifs is 1. The van der Waals surface area contributed by atoms with Gasteiger partial charge in [-0.2, -0.15) is 0 Å². The van der Waals surface area contributed by atoms with Crippen molar-refractivity contribution in [2.24, 2.45) is 5.92 Å². The van der Waals surface area contributed by atoms with Gasteiger partial charge < -0.3 is 14.9 Å². The topological polar surface area (TPSA) is 48.3 Å². The molecule has 3 rings (SSSR count). The monoisotopic (exact) mass is 299 g/mol. The first-order valence-corrected chi connectivity index (χ1v) is 8.22. The number of aromatic carboxylic acids is 1. The number of hydrogen-bond acceptors (Lipinski definition) is 3. The molecule has 1 aromatic carbocycles. The number of carbonyl (C=O) groups is 1. The second-order valence-electron chi connectivity index (χ2n) is 6.32. The van der Waals surface area contributed by atoms with Crippen molar-refractivity contribution in [1.29, 1.82) is 0 Å². The Morgan fingerprint density at radius 3 is 2.59 bits per heavy atom. The summed E-state index contributed by atoms with van der Waals surface area (Å²) in [6.07, 6.45) is 3.97. The van der Waals surface area contributed by atoms with Crippen LogP contribution < -0.4 is 10.1 Å². The predicted octanol–water partition coefficient (Wildman–Crippen LogP) is 2.33. The van der Waals surface area contributed by atoms with Crippen molar-refractivity contribution < 1.29 is 9.90 Å². The van der Waals surface area contributed by atoms with Crippen LogP contribution in [-0.4, -0.2) is 23.7 Å². The molecule has 2 aromatic rings. The number of piperidine rings is 1. The minimum Gasteiger partial charge on any atom is -0.545 e. The number of hydrogen-bond donors (Lipinski definition) is 0. The number of benzene rings is 1. The van der Waals surface area contributed by atoms with Gasteiger partial charge in [0.05, 0.1) is 11.5 Å². The predicted molar refractivity (Wildman–Crippen MR) is 86.6 cm³/mol. The molecular weight excluding hydrogens is 276 g/mol. The minimum absolute atomic E-state index is 0.371. The highest BCUT2D eigenvalue weighted by Crippen LogP contribution is 2.29. The molecule has 0 spiro atoms. The number of aromatic nitrogens is 1. The SMILES string of the molecule is CCCc1c(C(=O)[O-])c2ccccc2n1N1CCC(C)CC1. The third kappa shape index (κ3) is 2.47. The third-order valence-electron chi connectivity index (χ3n) is 4.68. The van der Waals surface area contributed by atoms with Crippen LogP contribution in [-0.2, 0) is 6.42 Å². The molecule has 0 bridgehead atoms. The molecule has 1 aliphatic rings. The Morgan fingerprint density at radius 1 is 1.27 bits per heavy atom. The van der Waals surface area contributed by atoms with Crippen molar-refractivity contribution in [3.8, 4) is 0 Å². The molecule has 4 nitrogen and oxygen atoms in total. The molecular formula is C18H23N2O2-. The van der Waals surface area contributed by atoms with E-state index >= 15 is 0 Å². The first-order valence-electron chi connectivity index (χ1n) is 8.22. The van der Waals surface area contributed by atoms with Gasteiger partial charge in [-0.15, -0.1) is 0 Å². The molecule has 1 aliphatic heterocycles. The van der Waals surface area contributed by atoms with Gasteiger partial charge in [0.25, 0.3) is 0 Å². The molecule has 0 unspecified atom stereocenters. The lowest BCUT2D eigenvalue weighted by molar-refractivity contribution is -0.254. The van der Waals surface area contributed by atoms with Gasteiger partial charge in [-0.3, -0.25) is 4.68 Å². The zero-order valence-electron chi connectivity index (χ0n) is 13.3. The fourth-order valence-electron chi connectivity index (χ4n) is 3.49. The van der Waals surface area contributed by atoms with Crippen LogP contribution >= 0.6 is 0 Å². The Hall–Kier alpha value is -1.97. The summed E-state index contributed by atoms with van der Waals surface area (Å²) in [5, 5.41) is 14.8. The molecule has 4 heteroatoms. The first kappa shape index (κ1) is 14.9. The van der Waals surface area contributed by atoms with Gasteiger partial charge in [0.1, 0.15) is 0 Å². The molecule has 0 saturated carbocycles. The van der Waals surface area contributed by atoms with E-state index in [4.69, 9.17) is 0 Å². The van der Waals surface area contributed by atoms with E-state index in [0.29, 0.717) is 5.56 Å². The average Bonchev–Trinajstić information content (AvgIpc) is 2.83. The summed E-state index contributed by atoms with van der Waals surface area (Å²) in [6.45, 7) is 6.32. The summed E-state index contributed by atoms with van der Waals surface area (Å²) in [7, 11) is 0. The number of carbonyl (C=O) groups excluding carboxylic acids is 1. The van der Waals surface area contributed by atoms with Crippen molar-refractivity contribution in [2.45, 2.75) is 39.5 Å². The van der Waals surface area contributed by atoms with Crippen molar-refractivity contribution in [1.82, 2.24) is 4.68 Å². The van der Waals surface area contributed by atoms with Gasteiger partial charge in [0.2, 0.25) is 0 Å². The van der Waals surface area contributed by atoms with E-state index in [0.717, 1.165) is 61.3 Å². The summed E-state index contributed by atoms with van der Waals surface area (Å²) in [6, 6.07) is 7.77. The van der Waals surface area contributed by atoms with Crippen LogP contribution in [0.1, 0.15) is 49.2 Å². The Balaban J connectivity index is 2.18. The maximum atomic E-state index is 11.7. The van der Waals surface area contributed by atoms with Crippen LogP contribution in [0.4, 0.5) is 0 Å². The lowest BCUT2D eigenvalue weighted by atomic mass is 10.0. The van der Waals surface area contributed by atoms with Crippen LogP contribution in [0.5, 0.6) is 0 Å². The summed E-state index contributed by atoms with van der Waals surface area (Å²) in [5.41, 5.74) is 2.24. The van der Waals surface area contributed by atoms with Crippen molar-refractivity contribution in [2.75, 3.05) is 18.1 Å². The highest BCUT2D eigenvalue weighted by Gasteiger charge is 2.23. The second-order valence-corrected chi connectivity index (χ2v) is 6.32. The quantitative estimate of drug-likeness (QED) is 0.870. The van der Waals surface area contributed by atoms with E-state index in [1.807, 2.05) is 24.3 Å². The van der Waals surface area contributed by atoms with E-state index in [9.17, 15) is 9.90 Å². The van der Waals surface area contributed by atoms with E-state index in [1.165, 1.54) is 0 Å². The normalized spacial score (nSPS) is 16.4. The summed E-state index contributed by atoms with van der Waals surface area (Å²) in [5.74, 6) is -0.322. The van der Waals surface area contributed by atoms with Gasteiger partial charge in [-0.1, -0.05) is 38.5 Å². The Kier molecular flexibility index (Phi) is 4.10. The van der Waals surface area contributed by atoms with Gasteiger partial charge in [0.15, 0.2) is 0 Å². The smallest absolute Gasteiger partial charge is 0.0740 e. The Bertz CT molecular complexity index is 682. The van der Waals surface area contributed by atoms with Gasteiger partial charge >= 0.3 is 0 Å². The maximum absolute atomic E-state index is 11.7. The van der Waals surface area contributed by atoms with Crippen LogP contribution in [0, 0.1) is 5.92 Å². The zero-order chi connectivity index (χ0) is 15.7. The average molecular weight is 299 g/mol. The third-order valence-corrected chi connectivity index (χ3v) is 4.68. The number of para-hydroxylation sites is 1.